The number of benzene rings is 1. The lowest BCUT2D eigenvalue weighted by atomic mass is 9.82. The van der Waals surface area contributed by atoms with Crippen LogP contribution in [0.25, 0.3) is 0 Å². The Hall–Kier alpha value is -1.64. The number of esters is 1. The van der Waals surface area contributed by atoms with E-state index in [1.807, 2.05) is 37.3 Å². The van der Waals surface area contributed by atoms with Crippen molar-refractivity contribution >= 4 is 11.8 Å². The highest BCUT2D eigenvalue weighted by Crippen LogP contribution is 2.26. The van der Waals surface area contributed by atoms with Gasteiger partial charge in [-0.05, 0) is 25.8 Å². The van der Waals surface area contributed by atoms with Gasteiger partial charge in [0.15, 0.2) is 0 Å². The molecule has 0 saturated heterocycles. The van der Waals surface area contributed by atoms with Crippen molar-refractivity contribution in [3.63, 3.8) is 0 Å². The first-order valence-corrected chi connectivity index (χ1v) is 6.23. The Kier molecular flexibility index (Phi) is 5.08. The predicted octanol–water partition coefficient (Wildman–Crippen LogP) is 3.13. The van der Waals surface area contributed by atoms with Gasteiger partial charge in [-0.3, -0.25) is 9.59 Å². The number of rotatable bonds is 6. The minimum Gasteiger partial charge on any atom is -0.460 e. The summed E-state index contributed by atoms with van der Waals surface area (Å²) in [5.74, 6) is -0.567. The molecule has 0 N–H and O–H groups in total. The Morgan fingerprint density at radius 1 is 1.22 bits per heavy atom. The molecule has 0 amide bonds. The van der Waals surface area contributed by atoms with Crippen LogP contribution in [0.3, 0.4) is 0 Å². The maximum atomic E-state index is 12.0. The average Bonchev–Trinajstić information content (AvgIpc) is 2.37. The van der Waals surface area contributed by atoms with E-state index in [-0.39, 0.29) is 12.4 Å². The van der Waals surface area contributed by atoms with Gasteiger partial charge in [-0.1, -0.05) is 43.7 Å². The minimum atomic E-state index is -1.01. The zero-order valence-corrected chi connectivity index (χ0v) is 11.2. The van der Waals surface area contributed by atoms with Crippen LogP contribution in [-0.4, -0.2) is 11.8 Å². The summed E-state index contributed by atoms with van der Waals surface area (Å²) < 4.78 is 5.25. The number of carbonyl (C=O) groups excluding carboxylic acids is 2. The summed E-state index contributed by atoms with van der Waals surface area (Å²) in [6, 6.07) is 9.46. The van der Waals surface area contributed by atoms with E-state index in [0.717, 1.165) is 12.0 Å². The second-order valence-corrected chi connectivity index (χ2v) is 4.70. The SMILES string of the molecule is CCCC(C)(C(C)=O)C(=O)OCc1ccccc1. The van der Waals surface area contributed by atoms with Gasteiger partial charge in [0.1, 0.15) is 17.8 Å². The standard InChI is InChI=1S/C15H20O3/c1-4-10-15(3,12(2)16)14(17)18-11-13-8-6-5-7-9-13/h5-9H,4,10-11H2,1-3H3. The van der Waals surface area contributed by atoms with Crippen molar-refractivity contribution < 1.29 is 14.3 Å². The first-order valence-electron chi connectivity index (χ1n) is 6.23. The molecule has 1 rings (SSSR count). The molecular formula is C15H20O3. The van der Waals surface area contributed by atoms with Gasteiger partial charge in [0.25, 0.3) is 0 Å². The van der Waals surface area contributed by atoms with Crippen LogP contribution < -0.4 is 0 Å². The van der Waals surface area contributed by atoms with Gasteiger partial charge >= 0.3 is 5.97 Å². The molecule has 0 aliphatic heterocycles. The second-order valence-electron chi connectivity index (χ2n) is 4.70. The van der Waals surface area contributed by atoms with Gasteiger partial charge < -0.3 is 4.74 Å². The predicted molar refractivity (Wildman–Crippen MR) is 69.9 cm³/mol. The maximum Gasteiger partial charge on any atom is 0.319 e. The summed E-state index contributed by atoms with van der Waals surface area (Å²) in [6.45, 7) is 5.27. The highest BCUT2D eigenvalue weighted by molar-refractivity contribution is 6.02. The van der Waals surface area contributed by atoms with E-state index in [1.54, 1.807) is 6.92 Å². The fraction of sp³-hybridized carbons (Fsp3) is 0.467. The molecule has 0 aliphatic carbocycles. The molecule has 1 aromatic rings. The molecule has 1 unspecified atom stereocenters. The molecule has 0 bridgehead atoms. The molecule has 0 heterocycles. The van der Waals surface area contributed by atoms with E-state index in [0.29, 0.717) is 6.42 Å². The summed E-state index contributed by atoms with van der Waals surface area (Å²) in [6.07, 6.45) is 1.30. The molecule has 1 atom stereocenters. The van der Waals surface area contributed by atoms with Crippen LogP contribution in [0.1, 0.15) is 39.2 Å². The highest BCUT2D eigenvalue weighted by Gasteiger charge is 2.38. The van der Waals surface area contributed by atoms with Crippen molar-refractivity contribution in [2.75, 3.05) is 0 Å². The van der Waals surface area contributed by atoms with Crippen LogP contribution >= 0.6 is 0 Å². The van der Waals surface area contributed by atoms with E-state index < -0.39 is 11.4 Å². The highest BCUT2D eigenvalue weighted by atomic mass is 16.5. The van der Waals surface area contributed by atoms with Crippen LogP contribution in [-0.2, 0) is 20.9 Å². The molecule has 1 aromatic carbocycles. The molecule has 3 nitrogen and oxygen atoms in total. The summed E-state index contributed by atoms with van der Waals surface area (Å²) >= 11 is 0. The molecule has 18 heavy (non-hydrogen) atoms. The molecular weight excluding hydrogens is 228 g/mol. The number of Topliss-reactive ketones (excluding diaryl/α,β-unsaturated/α-hetero) is 1. The largest absolute Gasteiger partial charge is 0.460 e. The van der Waals surface area contributed by atoms with Crippen LogP contribution in [0, 0.1) is 5.41 Å². The van der Waals surface area contributed by atoms with Crippen LogP contribution in [0.5, 0.6) is 0 Å². The average molecular weight is 248 g/mol. The monoisotopic (exact) mass is 248 g/mol. The van der Waals surface area contributed by atoms with Crippen molar-refractivity contribution in [2.24, 2.45) is 5.41 Å². The lowest BCUT2D eigenvalue weighted by Crippen LogP contribution is -2.36. The number of ether oxygens (including phenoxy) is 1. The third-order valence-electron chi connectivity index (χ3n) is 3.19. The third kappa shape index (κ3) is 3.42. The van der Waals surface area contributed by atoms with Crippen molar-refractivity contribution in [1.29, 1.82) is 0 Å². The zero-order valence-electron chi connectivity index (χ0n) is 11.2. The van der Waals surface area contributed by atoms with Gasteiger partial charge in [-0.15, -0.1) is 0 Å². The Morgan fingerprint density at radius 3 is 2.33 bits per heavy atom. The Bertz CT molecular complexity index is 411. The Labute approximate surface area is 108 Å². The number of hydrogen-bond donors (Lipinski definition) is 0. The number of hydrogen-bond acceptors (Lipinski definition) is 3. The smallest absolute Gasteiger partial charge is 0.319 e. The molecule has 0 aromatic heterocycles. The second kappa shape index (κ2) is 6.34. The Balaban J connectivity index is 2.66. The first-order chi connectivity index (χ1) is 8.50. The van der Waals surface area contributed by atoms with Crippen LogP contribution in [0.4, 0.5) is 0 Å². The molecule has 0 radical (unpaired) electrons. The fourth-order valence-corrected chi connectivity index (χ4v) is 1.80. The number of ketones is 1. The van der Waals surface area contributed by atoms with E-state index in [9.17, 15) is 9.59 Å². The quantitative estimate of drug-likeness (QED) is 0.574. The van der Waals surface area contributed by atoms with Gasteiger partial charge in [0, 0.05) is 0 Å². The minimum absolute atomic E-state index is 0.137. The molecule has 0 spiro atoms. The molecule has 3 heteroatoms. The fourth-order valence-electron chi connectivity index (χ4n) is 1.80. The maximum absolute atomic E-state index is 12.0. The van der Waals surface area contributed by atoms with E-state index in [1.165, 1.54) is 6.92 Å². The summed E-state index contributed by atoms with van der Waals surface area (Å²) in [5.41, 5.74) is -0.0861. The van der Waals surface area contributed by atoms with Gasteiger partial charge in [0.2, 0.25) is 0 Å². The summed E-state index contributed by atoms with van der Waals surface area (Å²) in [5, 5.41) is 0. The number of carbonyl (C=O) groups is 2. The topological polar surface area (TPSA) is 43.4 Å². The molecule has 0 saturated carbocycles. The van der Waals surface area contributed by atoms with Crippen molar-refractivity contribution in [2.45, 2.75) is 40.2 Å². The van der Waals surface area contributed by atoms with E-state index >= 15 is 0 Å². The third-order valence-corrected chi connectivity index (χ3v) is 3.19. The zero-order chi connectivity index (χ0) is 13.6. The van der Waals surface area contributed by atoms with Crippen LogP contribution in [0.15, 0.2) is 30.3 Å². The molecule has 0 aliphatic rings. The van der Waals surface area contributed by atoms with Gasteiger partial charge in [-0.25, -0.2) is 0 Å². The molecule has 98 valence electrons. The summed E-state index contributed by atoms with van der Waals surface area (Å²) in [4.78, 5) is 23.6. The summed E-state index contributed by atoms with van der Waals surface area (Å²) in [7, 11) is 0. The molecule has 0 fully saturated rings. The van der Waals surface area contributed by atoms with E-state index in [2.05, 4.69) is 0 Å². The van der Waals surface area contributed by atoms with Gasteiger partial charge in [0.05, 0.1) is 0 Å². The van der Waals surface area contributed by atoms with Gasteiger partial charge in [-0.2, -0.15) is 0 Å². The lowest BCUT2D eigenvalue weighted by Gasteiger charge is -2.23. The normalized spacial score (nSPS) is 13.7. The van der Waals surface area contributed by atoms with Crippen molar-refractivity contribution in [1.82, 2.24) is 0 Å². The van der Waals surface area contributed by atoms with Crippen LogP contribution in [0.2, 0.25) is 0 Å². The van der Waals surface area contributed by atoms with Crippen molar-refractivity contribution in [3.8, 4) is 0 Å². The van der Waals surface area contributed by atoms with Crippen molar-refractivity contribution in [3.05, 3.63) is 35.9 Å². The Morgan fingerprint density at radius 2 is 1.83 bits per heavy atom. The first kappa shape index (κ1) is 14.4. The lowest BCUT2D eigenvalue weighted by molar-refractivity contribution is -0.160. The van der Waals surface area contributed by atoms with E-state index in [4.69, 9.17) is 4.74 Å².